The van der Waals surface area contributed by atoms with Crippen molar-refractivity contribution in [1.29, 1.82) is 0 Å². The van der Waals surface area contributed by atoms with Crippen LogP contribution in [0.1, 0.15) is 19.3 Å². The van der Waals surface area contributed by atoms with Crippen LogP contribution in [0.15, 0.2) is 24.3 Å². The molecule has 1 unspecified atom stereocenters. The number of likely N-dealkylation sites (tertiary alicyclic amines) is 1. The van der Waals surface area contributed by atoms with Crippen LogP contribution >= 0.6 is 0 Å². The van der Waals surface area contributed by atoms with Crippen molar-refractivity contribution in [3.63, 3.8) is 0 Å². The number of nitrogens with zero attached hydrogens (tertiary/aromatic N) is 1. The van der Waals surface area contributed by atoms with E-state index in [-0.39, 0.29) is 12.0 Å². The summed E-state index contributed by atoms with van der Waals surface area (Å²) in [4.78, 5) is 15.0. The molecular weight excluding hydrogens is 306 g/mol. The van der Waals surface area contributed by atoms with Crippen LogP contribution in [-0.4, -0.2) is 61.9 Å². The van der Waals surface area contributed by atoms with Crippen LogP contribution in [0.2, 0.25) is 0 Å². The summed E-state index contributed by atoms with van der Waals surface area (Å²) in [6.07, 6.45) is 2.87. The van der Waals surface area contributed by atoms with Crippen molar-refractivity contribution in [3.8, 4) is 0 Å². The van der Waals surface area contributed by atoms with Gasteiger partial charge in [-0.05, 0) is 31.4 Å². The maximum Gasteiger partial charge on any atom is 0.250 e. The predicted octanol–water partition coefficient (Wildman–Crippen LogP) is 1.69. The van der Waals surface area contributed by atoms with Crippen LogP contribution < -0.4 is 10.6 Å². The van der Waals surface area contributed by atoms with E-state index in [2.05, 4.69) is 15.5 Å². The Balaban J connectivity index is 1.33. The maximum absolute atomic E-state index is 12.6. The Labute approximate surface area is 142 Å². The molecule has 24 heavy (non-hydrogen) atoms. The molecule has 3 aliphatic rings. The van der Waals surface area contributed by atoms with E-state index in [4.69, 9.17) is 9.47 Å². The highest BCUT2D eigenvalue weighted by Gasteiger charge is 2.44. The fourth-order valence-electron chi connectivity index (χ4n) is 3.80. The van der Waals surface area contributed by atoms with Crippen LogP contribution in [0.4, 0.5) is 11.4 Å². The molecule has 2 fully saturated rings. The number of hydrogen-bond donors (Lipinski definition) is 2. The first-order valence-corrected chi connectivity index (χ1v) is 8.86. The number of hydrogen-bond acceptors (Lipinski definition) is 5. The first-order valence-electron chi connectivity index (χ1n) is 8.86. The Morgan fingerprint density at radius 1 is 1.17 bits per heavy atom. The fourth-order valence-corrected chi connectivity index (χ4v) is 3.80. The number of fused-ring (bicyclic) bond motifs is 1. The molecule has 2 saturated heterocycles. The topological polar surface area (TPSA) is 62.8 Å². The smallest absolute Gasteiger partial charge is 0.250 e. The monoisotopic (exact) mass is 331 g/mol. The molecule has 6 heteroatoms. The quantitative estimate of drug-likeness (QED) is 0.882. The molecule has 6 nitrogen and oxygen atoms in total. The Morgan fingerprint density at radius 2 is 1.96 bits per heavy atom. The van der Waals surface area contributed by atoms with Gasteiger partial charge in [0, 0.05) is 19.6 Å². The van der Waals surface area contributed by atoms with Crippen LogP contribution in [0.3, 0.4) is 0 Å². The van der Waals surface area contributed by atoms with E-state index in [0.29, 0.717) is 19.8 Å². The van der Waals surface area contributed by atoms with Crippen molar-refractivity contribution < 1.29 is 14.3 Å². The number of carbonyl (C=O) groups is 1. The van der Waals surface area contributed by atoms with Crippen LogP contribution in [0, 0.1) is 0 Å². The van der Waals surface area contributed by atoms with Crippen molar-refractivity contribution in [2.75, 3.05) is 50.1 Å². The molecule has 4 rings (SSSR count). The molecule has 3 heterocycles. The van der Waals surface area contributed by atoms with Gasteiger partial charge in [-0.1, -0.05) is 12.1 Å². The van der Waals surface area contributed by atoms with Crippen LogP contribution in [0.5, 0.6) is 0 Å². The van der Waals surface area contributed by atoms with E-state index in [1.54, 1.807) is 0 Å². The maximum atomic E-state index is 12.6. The lowest BCUT2D eigenvalue weighted by molar-refractivity contribution is -0.122. The third kappa shape index (κ3) is 3.14. The number of benzene rings is 1. The molecule has 0 bridgehead atoms. The highest BCUT2D eigenvalue weighted by molar-refractivity contribution is 6.06. The number of amides is 1. The van der Waals surface area contributed by atoms with Crippen LogP contribution in [-0.2, 0) is 14.3 Å². The summed E-state index contributed by atoms with van der Waals surface area (Å²) in [6, 6.07) is 7.91. The van der Waals surface area contributed by atoms with Crippen molar-refractivity contribution in [3.05, 3.63) is 24.3 Å². The lowest BCUT2D eigenvalue weighted by Crippen LogP contribution is -2.58. The highest BCUT2D eigenvalue weighted by Crippen LogP contribution is 2.36. The molecule has 1 aromatic rings. The molecule has 2 N–H and O–H groups in total. The number of piperidine rings is 1. The second kappa shape index (κ2) is 6.70. The summed E-state index contributed by atoms with van der Waals surface area (Å²) in [6.45, 7) is 4.98. The number of ether oxygens (including phenoxy) is 2. The number of para-hydroxylation sites is 2. The highest BCUT2D eigenvalue weighted by atomic mass is 16.6. The Kier molecular flexibility index (Phi) is 4.43. The van der Waals surface area contributed by atoms with Gasteiger partial charge >= 0.3 is 0 Å². The second-order valence-electron chi connectivity index (χ2n) is 6.90. The molecule has 0 radical (unpaired) electrons. The number of anilines is 2. The molecule has 1 aromatic carbocycles. The third-order valence-corrected chi connectivity index (χ3v) is 5.35. The van der Waals surface area contributed by atoms with Gasteiger partial charge in [0.05, 0.1) is 37.3 Å². The van der Waals surface area contributed by atoms with Gasteiger partial charge in [-0.15, -0.1) is 0 Å². The van der Waals surface area contributed by atoms with E-state index < -0.39 is 5.54 Å². The minimum Gasteiger partial charge on any atom is -0.376 e. The molecule has 1 spiro atoms. The average Bonchev–Trinajstić information content (AvgIpc) is 2.63. The van der Waals surface area contributed by atoms with Gasteiger partial charge in [0.2, 0.25) is 5.91 Å². The molecule has 1 amide bonds. The van der Waals surface area contributed by atoms with Crippen molar-refractivity contribution in [2.45, 2.75) is 30.9 Å². The summed E-state index contributed by atoms with van der Waals surface area (Å²) in [5, 5.41) is 6.57. The fraction of sp³-hybridized carbons (Fsp3) is 0.611. The zero-order chi connectivity index (χ0) is 16.4. The lowest BCUT2D eigenvalue weighted by atomic mass is 9.84. The van der Waals surface area contributed by atoms with Gasteiger partial charge in [0.25, 0.3) is 0 Å². The van der Waals surface area contributed by atoms with E-state index in [9.17, 15) is 4.79 Å². The lowest BCUT2D eigenvalue weighted by Gasteiger charge is -2.44. The van der Waals surface area contributed by atoms with Gasteiger partial charge in [0.1, 0.15) is 5.54 Å². The largest absolute Gasteiger partial charge is 0.376 e. The Bertz CT molecular complexity index is 593. The van der Waals surface area contributed by atoms with Gasteiger partial charge in [0.15, 0.2) is 0 Å². The first kappa shape index (κ1) is 15.9. The van der Waals surface area contributed by atoms with Gasteiger partial charge in [-0.25, -0.2) is 0 Å². The summed E-state index contributed by atoms with van der Waals surface area (Å²) >= 11 is 0. The summed E-state index contributed by atoms with van der Waals surface area (Å²) in [7, 11) is 0. The molecule has 0 aromatic heterocycles. The van der Waals surface area contributed by atoms with Crippen molar-refractivity contribution >= 4 is 17.3 Å². The SMILES string of the molecule is O=C1Nc2ccccc2NC12CCN(CCC1COCCO1)CC2. The Hall–Kier alpha value is -1.63. The Morgan fingerprint density at radius 3 is 2.71 bits per heavy atom. The summed E-state index contributed by atoms with van der Waals surface area (Å²) in [5.41, 5.74) is 1.44. The van der Waals surface area contributed by atoms with E-state index in [1.807, 2.05) is 24.3 Å². The van der Waals surface area contributed by atoms with Crippen LogP contribution in [0.25, 0.3) is 0 Å². The minimum absolute atomic E-state index is 0.102. The van der Waals surface area contributed by atoms with Crippen molar-refractivity contribution in [1.82, 2.24) is 4.90 Å². The summed E-state index contributed by atoms with van der Waals surface area (Å²) in [5.74, 6) is 0.102. The zero-order valence-electron chi connectivity index (χ0n) is 13.9. The molecule has 3 aliphatic heterocycles. The zero-order valence-corrected chi connectivity index (χ0v) is 13.9. The number of carbonyl (C=O) groups excluding carboxylic acids is 1. The van der Waals surface area contributed by atoms with Gasteiger partial charge < -0.3 is 25.0 Å². The minimum atomic E-state index is -0.463. The molecule has 0 aliphatic carbocycles. The van der Waals surface area contributed by atoms with E-state index in [1.165, 1.54) is 0 Å². The van der Waals surface area contributed by atoms with Gasteiger partial charge in [-0.3, -0.25) is 4.79 Å². The normalized spacial score (nSPS) is 26.5. The van der Waals surface area contributed by atoms with E-state index >= 15 is 0 Å². The predicted molar refractivity (Wildman–Crippen MR) is 92.3 cm³/mol. The average molecular weight is 331 g/mol. The van der Waals surface area contributed by atoms with Crippen molar-refractivity contribution in [2.24, 2.45) is 0 Å². The molecule has 0 saturated carbocycles. The third-order valence-electron chi connectivity index (χ3n) is 5.35. The summed E-state index contributed by atoms with van der Waals surface area (Å²) < 4.78 is 11.2. The molecule has 130 valence electrons. The number of rotatable bonds is 3. The first-order chi connectivity index (χ1) is 11.8. The number of nitrogens with one attached hydrogen (secondary N) is 2. The second-order valence-corrected chi connectivity index (χ2v) is 6.90. The standard InChI is InChI=1S/C18H25N3O3/c22-17-18(20-16-4-2-1-3-15(16)19-17)6-9-21(10-7-18)8-5-14-13-23-11-12-24-14/h1-4,14,20H,5-13H2,(H,19,22). The molecular formula is C18H25N3O3. The van der Waals surface area contributed by atoms with E-state index in [0.717, 1.165) is 50.3 Å². The molecule has 1 atom stereocenters. The van der Waals surface area contributed by atoms with Gasteiger partial charge in [-0.2, -0.15) is 0 Å².